The SMILES string of the molecule is COC1CCC(C(=O)N2CCC(c3noc4nc(C)cc(C(F)(F)F)c34)CC2)CC1. The van der Waals surface area contributed by atoms with E-state index in [2.05, 4.69) is 10.1 Å². The second kappa shape index (κ2) is 8.17. The molecule has 9 heteroatoms. The third-order valence-electron chi connectivity index (χ3n) is 6.46. The molecule has 0 aromatic carbocycles. The number of piperidine rings is 1. The quantitative estimate of drug-likeness (QED) is 0.726. The normalized spacial score (nSPS) is 23.8. The van der Waals surface area contributed by atoms with Crippen LogP contribution in [-0.4, -0.2) is 47.3 Å². The Balaban J connectivity index is 1.47. The van der Waals surface area contributed by atoms with Gasteiger partial charge in [-0.3, -0.25) is 4.79 Å². The Morgan fingerprint density at radius 2 is 1.83 bits per heavy atom. The molecule has 1 aliphatic heterocycles. The fourth-order valence-corrected chi connectivity index (χ4v) is 4.78. The molecule has 1 saturated heterocycles. The van der Waals surface area contributed by atoms with Gasteiger partial charge in [-0.15, -0.1) is 0 Å². The van der Waals surface area contributed by atoms with E-state index < -0.39 is 11.7 Å². The lowest BCUT2D eigenvalue weighted by Crippen LogP contribution is -2.42. The van der Waals surface area contributed by atoms with Gasteiger partial charge in [0.15, 0.2) is 0 Å². The van der Waals surface area contributed by atoms with Gasteiger partial charge < -0.3 is 14.2 Å². The van der Waals surface area contributed by atoms with Crippen molar-refractivity contribution in [2.75, 3.05) is 20.2 Å². The third kappa shape index (κ3) is 4.04. The van der Waals surface area contributed by atoms with E-state index in [-0.39, 0.29) is 40.6 Å². The van der Waals surface area contributed by atoms with E-state index in [4.69, 9.17) is 9.26 Å². The van der Waals surface area contributed by atoms with Crippen molar-refractivity contribution in [1.29, 1.82) is 0 Å². The van der Waals surface area contributed by atoms with Gasteiger partial charge >= 0.3 is 6.18 Å². The Hall–Kier alpha value is -2.16. The van der Waals surface area contributed by atoms with Gasteiger partial charge in [-0.1, -0.05) is 5.16 Å². The Morgan fingerprint density at radius 1 is 1.17 bits per heavy atom. The van der Waals surface area contributed by atoms with Gasteiger partial charge in [-0.2, -0.15) is 13.2 Å². The maximum atomic E-state index is 13.6. The number of rotatable bonds is 3. The number of methoxy groups -OCH3 is 1. The summed E-state index contributed by atoms with van der Waals surface area (Å²) in [4.78, 5) is 18.8. The van der Waals surface area contributed by atoms with Gasteiger partial charge in [0.25, 0.3) is 5.71 Å². The average molecular weight is 425 g/mol. The summed E-state index contributed by atoms with van der Waals surface area (Å²) in [5.74, 6) is -0.0174. The summed E-state index contributed by atoms with van der Waals surface area (Å²) < 4.78 is 51.3. The van der Waals surface area contributed by atoms with E-state index in [1.165, 1.54) is 6.92 Å². The minimum Gasteiger partial charge on any atom is -0.381 e. The number of ether oxygens (including phenoxy) is 1. The highest BCUT2D eigenvalue weighted by Crippen LogP contribution is 2.40. The molecule has 0 unspecified atom stereocenters. The summed E-state index contributed by atoms with van der Waals surface area (Å²) in [6, 6.07) is 1.04. The molecule has 2 aromatic rings. The standard InChI is InChI=1S/C21H26F3N3O3/c1-12-11-16(21(22,23)24)17-18(26-30-19(17)25-12)13-7-9-27(10-8-13)20(28)14-3-5-15(29-2)6-4-14/h11,13-15H,3-10H2,1-2H3. The minimum atomic E-state index is -4.51. The molecule has 0 radical (unpaired) electrons. The molecule has 1 saturated carbocycles. The topological polar surface area (TPSA) is 68.5 Å². The van der Waals surface area contributed by atoms with Crippen LogP contribution < -0.4 is 0 Å². The molecule has 3 heterocycles. The first-order chi connectivity index (χ1) is 14.3. The van der Waals surface area contributed by atoms with Gasteiger partial charge in [-0.25, -0.2) is 4.98 Å². The highest BCUT2D eigenvalue weighted by Gasteiger charge is 2.38. The first-order valence-electron chi connectivity index (χ1n) is 10.4. The molecule has 0 bridgehead atoms. The molecule has 0 atom stereocenters. The predicted octanol–water partition coefficient (Wildman–Crippen LogP) is 4.46. The molecule has 30 heavy (non-hydrogen) atoms. The van der Waals surface area contributed by atoms with Crippen LogP contribution in [0.5, 0.6) is 0 Å². The smallest absolute Gasteiger partial charge is 0.381 e. The van der Waals surface area contributed by atoms with Gasteiger partial charge in [0, 0.05) is 37.7 Å². The number of hydrogen-bond acceptors (Lipinski definition) is 5. The van der Waals surface area contributed by atoms with Crippen molar-refractivity contribution in [2.45, 2.75) is 63.6 Å². The number of likely N-dealkylation sites (tertiary alicyclic amines) is 1. The molecule has 1 aliphatic carbocycles. The van der Waals surface area contributed by atoms with Crippen molar-refractivity contribution in [3.05, 3.63) is 23.0 Å². The lowest BCUT2D eigenvalue weighted by Gasteiger charge is -2.35. The van der Waals surface area contributed by atoms with Crippen LogP contribution in [0.15, 0.2) is 10.6 Å². The molecule has 0 N–H and O–H groups in total. The molecule has 2 fully saturated rings. The van der Waals surface area contributed by atoms with Crippen LogP contribution in [0.25, 0.3) is 11.1 Å². The lowest BCUT2D eigenvalue weighted by atomic mass is 9.85. The molecular formula is C21H26F3N3O3. The first-order valence-corrected chi connectivity index (χ1v) is 10.4. The summed E-state index contributed by atoms with van der Waals surface area (Å²) in [6.45, 7) is 2.53. The molecular weight excluding hydrogens is 399 g/mol. The van der Waals surface area contributed by atoms with Crippen LogP contribution in [0.1, 0.15) is 61.4 Å². The van der Waals surface area contributed by atoms with Crippen molar-refractivity contribution >= 4 is 17.0 Å². The van der Waals surface area contributed by atoms with E-state index in [1.807, 2.05) is 4.90 Å². The lowest BCUT2D eigenvalue weighted by molar-refractivity contribution is -0.138. The molecule has 4 rings (SSSR count). The number of aromatic nitrogens is 2. The molecule has 2 aliphatic rings. The number of amides is 1. The maximum Gasteiger partial charge on any atom is 0.417 e. The van der Waals surface area contributed by atoms with Crippen LogP contribution in [0.2, 0.25) is 0 Å². The summed E-state index contributed by atoms with van der Waals surface area (Å²) in [5, 5.41) is 3.91. The summed E-state index contributed by atoms with van der Waals surface area (Å²) >= 11 is 0. The Kier molecular flexibility index (Phi) is 5.74. The number of halogens is 3. The fourth-order valence-electron chi connectivity index (χ4n) is 4.78. The van der Waals surface area contributed by atoms with Crippen LogP contribution in [0.3, 0.4) is 0 Å². The largest absolute Gasteiger partial charge is 0.417 e. The number of hydrogen-bond donors (Lipinski definition) is 0. The fraction of sp³-hybridized carbons (Fsp3) is 0.667. The van der Waals surface area contributed by atoms with Crippen LogP contribution in [0.4, 0.5) is 13.2 Å². The van der Waals surface area contributed by atoms with Crippen LogP contribution in [-0.2, 0) is 15.7 Å². The van der Waals surface area contributed by atoms with E-state index >= 15 is 0 Å². The van der Waals surface area contributed by atoms with Crippen molar-refractivity contribution in [1.82, 2.24) is 15.0 Å². The number of pyridine rings is 1. The minimum absolute atomic E-state index is 0.0184. The molecule has 2 aromatic heterocycles. The number of alkyl halides is 3. The van der Waals surface area contributed by atoms with Crippen molar-refractivity contribution < 1.29 is 27.2 Å². The van der Waals surface area contributed by atoms with Gasteiger partial charge in [-0.05, 0) is 51.5 Å². The Morgan fingerprint density at radius 3 is 2.43 bits per heavy atom. The van der Waals surface area contributed by atoms with E-state index in [9.17, 15) is 18.0 Å². The van der Waals surface area contributed by atoms with Crippen LogP contribution in [0, 0.1) is 12.8 Å². The zero-order valence-electron chi connectivity index (χ0n) is 17.2. The monoisotopic (exact) mass is 425 g/mol. The van der Waals surface area contributed by atoms with E-state index in [0.717, 1.165) is 31.7 Å². The Bertz CT molecular complexity index is 911. The highest BCUT2D eigenvalue weighted by molar-refractivity contribution is 5.82. The number of carbonyl (C=O) groups is 1. The molecule has 6 nitrogen and oxygen atoms in total. The van der Waals surface area contributed by atoms with E-state index in [0.29, 0.717) is 31.6 Å². The summed E-state index contributed by atoms with van der Waals surface area (Å²) in [5.41, 5.74) is -0.293. The number of fused-ring (bicyclic) bond motifs is 1. The van der Waals surface area contributed by atoms with Crippen LogP contribution >= 0.6 is 0 Å². The first kappa shape index (κ1) is 21.1. The van der Waals surface area contributed by atoms with Crippen molar-refractivity contribution in [3.8, 4) is 0 Å². The second-order valence-corrected chi connectivity index (χ2v) is 8.37. The van der Waals surface area contributed by atoms with Crippen molar-refractivity contribution in [3.63, 3.8) is 0 Å². The third-order valence-corrected chi connectivity index (χ3v) is 6.46. The van der Waals surface area contributed by atoms with Gasteiger partial charge in [0.2, 0.25) is 5.91 Å². The predicted molar refractivity (Wildman–Crippen MR) is 103 cm³/mol. The highest BCUT2D eigenvalue weighted by atomic mass is 19.4. The second-order valence-electron chi connectivity index (χ2n) is 8.37. The van der Waals surface area contributed by atoms with Crippen molar-refractivity contribution in [2.24, 2.45) is 5.92 Å². The molecule has 164 valence electrons. The zero-order chi connectivity index (χ0) is 21.5. The average Bonchev–Trinajstić information content (AvgIpc) is 3.15. The maximum absolute atomic E-state index is 13.6. The van der Waals surface area contributed by atoms with Gasteiger partial charge in [0.1, 0.15) is 0 Å². The molecule has 0 spiro atoms. The van der Waals surface area contributed by atoms with Gasteiger partial charge in [0.05, 0.1) is 22.7 Å². The summed E-state index contributed by atoms with van der Waals surface area (Å²) in [7, 11) is 1.70. The van der Waals surface area contributed by atoms with E-state index in [1.54, 1.807) is 7.11 Å². The number of nitrogens with zero attached hydrogens (tertiary/aromatic N) is 3. The number of carbonyl (C=O) groups excluding carboxylic acids is 1. The Labute approximate surface area is 172 Å². The summed E-state index contributed by atoms with van der Waals surface area (Å²) in [6.07, 6.45) is 0.278. The molecule has 1 amide bonds. The number of aryl methyl sites for hydroxylation is 1. The zero-order valence-corrected chi connectivity index (χ0v) is 17.2.